The Kier molecular flexibility index (Phi) is 6.05. The van der Waals surface area contributed by atoms with Gasteiger partial charge in [0.05, 0.1) is 13.2 Å². The summed E-state index contributed by atoms with van der Waals surface area (Å²) in [5.41, 5.74) is 7.36. The van der Waals surface area contributed by atoms with Gasteiger partial charge < -0.3 is 4.74 Å². The van der Waals surface area contributed by atoms with Crippen molar-refractivity contribution >= 4 is 5.57 Å². The average Bonchev–Trinajstić information content (AvgIpc) is 2.93. The quantitative estimate of drug-likeness (QED) is 0.494. The largest absolute Gasteiger partial charge is 0.372 e. The van der Waals surface area contributed by atoms with Crippen molar-refractivity contribution in [1.82, 2.24) is 0 Å². The minimum atomic E-state index is 0.166. The van der Waals surface area contributed by atoms with Crippen molar-refractivity contribution in [2.45, 2.75) is 73.3 Å². The van der Waals surface area contributed by atoms with Crippen molar-refractivity contribution < 1.29 is 4.74 Å². The molecule has 2 aliphatic rings. The molecule has 0 saturated carbocycles. The lowest BCUT2D eigenvalue weighted by Gasteiger charge is -2.31. The van der Waals surface area contributed by atoms with Crippen molar-refractivity contribution in [1.29, 1.82) is 0 Å². The number of allylic oxidation sites excluding steroid dienone is 5. The maximum atomic E-state index is 6.19. The van der Waals surface area contributed by atoms with Gasteiger partial charge in [-0.3, -0.25) is 0 Å². The summed E-state index contributed by atoms with van der Waals surface area (Å²) in [6.45, 7) is 17.6. The van der Waals surface area contributed by atoms with E-state index in [0.29, 0.717) is 18.4 Å². The molecule has 1 aliphatic carbocycles. The first-order valence-corrected chi connectivity index (χ1v) is 10.9. The monoisotopic (exact) mass is 378 g/mol. The van der Waals surface area contributed by atoms with Gasteiger partial charge in [0.1, 0.15) is 0 Å². The Labute approximate surface area is 172 Å². The molecule has 0 amide bonds. The Hall–Kier alpha value is -1.60. The second-order valence-corrected chi connectivity index (χ2v) is 10.1. The molecule has 1 atom stereocenters. The summed E-state index contributed by atoms with van der Waals surface area (Å²) in [6.07, 6.45) is 11.5. The van der Waals surface area contributed by atoms with Crippen molar-refractivity contribution in [3.8, 4) is 0 Å². The third-order valence-electron chi connectivity index (χ3n) is 7.34. The number of benzene rings is 1. The molecule has 0 fully saturated rings. The van der Waals surface area contributed by atoms with Gasteiger partial charge in [-0.1, -0.05) is 84.0 Å². The maximum Gasteiger partial charge on any atom is 0.0727 e. The Bertz CT molecular complexity index is 802. The molecule has 152 valence electrons. The zero-order chi connectivity index (χ0) is 20.5. The van der Waals surface area contributed by atoms with Crippen LogP contribution >= 0.6 is 0 Å². The van der Waals surface area contributed by atoms with Gasteiger partial charge in [0, 0.05) is 0 Å². The summed E-state index contributed by atoms with van der Waals surface area (Å²) in [4.78, 5) is 0. The summed E-state index contributed by atoms with van der Waals surface area (Å²) in [6, 6.07) is 7.08. The highest BCUT2D eigenvalue weighted by Gasteiger charge is 2.31. The molecule has 0 saturated heterocycles. The minimum absolute atomic E-state index is 0.166. The summed E-state index contributed by atoms with van der Waals surface area (Å²) >= 11 is 0. The Morgan fingerprint density at radius 3 is 2.54 bits per heavy atom. The first kappa shape index (κ1) is 21.1. The summed E-state index contributed by atoms with van der Waals surface area (Å²) < 4.78 is 6.19. The first-order valence-electron chi connectivity index (χ1n) is 10.9. The van der Waals surface area contributed by atoms with E-state index < -0.39 is 0 Å². The van der Waals surface area contributed by atoms with E-state index in [1.807, 2.05) is 0 Å². The van der Waals surface area contributed by atoms with Crippen LogP contribution in [-0.2, 0) is 16.8 Å². The van der Waals surface area contributed by atoms with E-state index in [1.54, 1.807) is 0 Å². The normalized spacial score (nSPS) is 20.9. The molecule has 3 rings (SSSR count). The molecule has 1 heteroatoms. The molecular weight excluding hydrogens is 340 g/mol. The lowest BCUT2D eigenvalue weighted by atomic mass is 9.73. The molecule has 1 aliphatic heterocycles. The highest BCUT2D eigenvalue weighted by atomic mass is 16.5. The van der Waals surface area contributed by atoms with Crippen LogP contribution in [0.1, 0.15) is 78.0 Å². The Balaban J connectivity index is 2.01. The number of hydrogen-bond acceptors (Lipinski definition) is 1. The van der Waals surface area contributed by atoms with Gasteiger partial charge in [-0.2, -0.15) is 0 Å². The number of rotatable bonds is 4. The molecule has 0 aromatic heterocycles. The average molecular weight is 379 g/mol. The second kappa shape index (κ2) is 8.03. The van der Waals surface area contributed by atoms with Crippen LogP contribution in [0.15, 0.2) is 48.1 Å². The maximum absolute atomic E-state index is 6.19. The standard InChI is InChI=1S/C27H38O/c1-8-14-26(4,5)22-10-9-11-24-20(15-22)17-28-18-21-16-23(12-13-25(21)24)27(6,7)19(2)3/h8-9,11-14,16,19,22H,10,15,17-18H2,1-7H3. The van der Waals surface area contributed by atoms with Crippen molar-refractivity contribution in [2.24, 2.45) is 17.3 Å². The molecule has 0 spiro atoms. The molecule has 1 unspecified atom stereocenters. The van der Waals surface area contributed by atoms with Gasteiger partial charge in [-0.05, 0) is 70.3 Å². The number of ether oxygens (including phenoxy) is 1. The van der Waals surface area contributed by atoms with Crippen LogP contribution < -0.4 is 0 Å². The van der Waals surface area contributed by atoms with E-state index in [2.05, 4.69) is 91.0 Å². The van der Waals surface area contributed by atoms with E-state index in [9.17, 15) is 0 Å². The van der Waals surface area contributed by atoms with Crippen LogP contribution in [0.3, 0.4) is 0 Å². The van der Waals surface area contributed by atoms with Crippen molar-refractivity contribution in [3.63, 3.8) is 0 Å². The SMILES string of the molecule is CC=CC(C)(C)C1CC=CC2=C(COCc3cc(C(C)(C)C(C)C)ccc32)C1. The topological polar surface area (TPSA) is 9.23 Å². The molecule has 1 nitrogen and oxygen atoms in total. The second-order valence-electron chi connectivity index (χ2n) is 10.1. The van der Waals surface area contributed by atoms with Crippen LogP contribution in [-0.4, -0.2) is 6.61 Å². The fraction of sp³-hybridized carbons (Fsp3) is 0.556. The third-order valence-corrected chi connectivity index (χ3v) is 7.34. The van der Waals surface area contributed by atoms with E-state index >= 15 is 0 Å². The molecule has 0 N–H and O–H groups in total. The minimum Gasteiger partial charge on any atom is -0.372 e. The summed E-state index contributed by atoms with van der Waals surface area (Å²) in [5.74, 6) is 1.20. The van der Waals surface area contributed by atoms with Gasteiger partial charge in [-0.15, -0.1) is 0 Å². The predicted molar refractivity (Wildman–Crippen MR) is 121 cm³/mol. The summed E-state index contributed by atoms with van der Waals surface area (Å²) in [5, 5.41) is 0. The van der Waals surface area contributed by atoms with Gasteiger partial charge in [0.2, 0.25) is 0 Å². The Morgan fingerprint density at radius 1 is 1.11 bits per heavy atom. The summed E-state index contributed by atoms with van der Waals surface area (Å²) in [7, 11) is 0. The van der Waals surface area contributed by atoms with E-state index in [0.717, 1.165) is 19.4 Å². The first-order chi connectivity index (χ1) is 13.2. The van der Waals surface area contributed by atoms with Gasteiger partial charge in [0.25, 0.3) is 0 Å². The van der Waals surface area contributed by atoms with Crippen LogP contribution in [0.2, 0.25) is 0 Å². The zero-order valence-electron chi connectivity index (χ0n) is 18.9. The van der Waals surface area contributed by atoms with Crippen molar-refractivity contribution in [2.75, 3.05) is 6.61 Å². The molecule has 1 aromatic carbocycles. The van der Waals surface area contributed by atoms with Crippen LogP contribution in [0.4, 0.5) is 0 Å². The predicted octanol–water partition coefficient (Wildman–Crippen LogP) is 7.47. The molecule has 1 heterocycles. The smallest absolute Gasteiger partial charge is 0.0727 e. The number of fused-ring (bicyclic) bond motifs is 2. The molecule has 0 radical (unpaired) electrons. The molecule has 0 bridgehead atoms. The highest BCUT2D eigenvalue weighted by molar-refractivity contribution is 5.79. The zero-order valence-corrected chi connectivity index (χ0v) is 18.9. The van der Waals surface area contributed by atoms with Crippen LogP contribution in [0.5, 0.6) is 0 Å². The number of hydrogen-bond donors (Lipinski definition) is 0. The third kappa shape index (κ3) is 4.06. The van der Waals surface area contributed by atoms with E-state index in [1.165, 1.54) is 27.8 Å². The van der Waals surface area contributed by atoms with Gasteiger partial charge in [0.15, 0.2) is 0 Å². The lowest BCUT2D eigenvalue weighted by Crippen LogP contribution is -2.24. The fourth-order valence-electron chi connectivity index (χ4n) is 4.50. The lowest BCUT2D eigenvalue weighted by molar-refractivity contribution is 0.138. The van der Waals surface area contributed by atoms with Crippen molar-refractivity contribution in [3.05, 3.63) is 64.8 Å². The van der Waals surface area contributed by atoms with Gasteiger partial charge >= 0.3 is 0 Å². The van der Waals surface area contributed by atoms with Crippen LogP contribution in [0.25, 0.3) is 5.57 Å². The Morgan fingerprint density at radius 2 is 1.86 bits per heavy atom. The van der Waals surface area contributed by atoms with E-state index in [4.69, 9.17) is 4.74 Å². The van der Waals surface area contributed by atoms with Gasteiger partial charge in [-0.25, -0.2) is 0 Å². The fourth-order valence-corrected chi connectivity index (χ4v) is 4.50. The van der Waals surface area contributed by atoms with E-state index in [-0.39, 0.29) is 10.8 Å². The molecule has 1 aromatic rings. The van der Waals surface area contributed by atoms with Crippen LogP contribution in [0, 0.1) is 17.3 Å². The molecule has 28 heavy (non-hydrogen) atoms. The highest BCUT2D eigenvalue weighted by Crippen LogP contribution is 2.42. The molecular formula is C27H38O.